The molecule has 0 saturated heterocycles. The Hall–Kier alpha value is -1.37. The van der Waals surface area contributed by atoms with Gasteiger partial charge in [0.05, 0.1) is 0 Å². The molecule has 0 N–H and O–H groups in total. The van der Waals surface area contributed by atoms with Crippen LogP contribution in [0, 0.1) is 0 Å². The Bertz CT molecular complexity index is 357. The maximum absolute atomic E-state index is 11.9. The van der Waals surface area contributed by atoms with E-state index in [1.807, 2.05) is 44.2 Å². The molecule has 0 atom stereocenters. The number of allylic oxidation sites excluding steroid dienone is 2. The summed E-state index contributed by atoms with van der Waals surface area (Å²) in [5, 5.41) is 0. The third kappa shape index (κ3) is 2.79. The number of rotatable bonds is 4. The van der Waals surface area contributed by atoms with Crippen LogP contribution in [0.1, 0.15) is 43.1 Å². The van der Waals surface area contributed by atoms with Gasteiger partial charge in [-0.3, -0.25) is 4.79 Å². The summed E-state index contributed by atoms with van der Waals surface area (Å²) in [5.74, 6) is 0.155. The molecule has 1 aromatic carbocycles. The van der Waals surface area contributed by atoms with Crippen molar-refractivity contribution in [3.8, 4) is 0 Å². The quantitative estimate of drug-likeness (QED) is 0.536. The monoisotopic (exact) mass is 202 g/mol. The van der Waals surface area contributed by atoms with Crippen LogP contribution in [0.25, 0.3) is 0 Å². The molecule has 0 radical (unpaired) electrons. The van der Waals surface area contributed by atoms with E-state index in [2.05, 4.69) is 6.92 Å². The molecule has 0 heterocycles. The summed E-state index contributed by atoms with van der Waals surface area (Å²) in [6, 6.07) is 7.88. The van der Waals surface area contributed by atoms with Crippen molar-refractivity contribution >= 4 is 5.78 Å². The molecule has 0 fully saturated rings. The molecule has 0 bridgehead atoms. The van der Waals surface area contributed by atoms with E-state index in [9.17, 15) is 4.79 Å². The van der Waals surface area contributed by atoms with Crippen LogP contribution >= 0.6 is 0 Å². The summed E-state index contributed by atoms with van der Waals surface area (Å²) in [6.07, 6.45) is 3.71. The maximum Gasteiger partial charge on any atom is 0.188 e. The highest BCUT2D eigenvalue weighted by Crippen LogP contribution is 2.12. The number of Topliss-reactive ketones (excluding diaryl/α,β-unsaturated/α-hetero) is 1. The van der Waals surface area contributed by atoms with Gasteiger partial charge in [0.2, 0.25) is 0 Å². The second kappa shape index (κ2) is 5.50. The standard InChI is InChI=1S/C14H18O/c1-4-11-7-9-13(10-8-11)14(15)12(5-2)6-3/h5,7-10H,4,6H2,1-3H3/b12-5+. The Morgan fingerprint density at radius 2 is 1.80 bits per heavy atom. The largest absolute Gasteiger partial charge is 0.289 e. The summed E-state index contributed by atoms with van der Waals surface area (Å²) in [6.45, 7) is 6.03. The fraction of sp³-hybridized carbons (Fsp3) is 0.357. The molecule has 1 nitrogen and oxygen atoms in total. The highest BCUT2D eigenvalue weighted by Gasteiger charge is 2.08. The van der Waals surface area contributed by atoms with Crippen LogP contribution in [-0.4, -0.2) is 5.78 Å². The van der Waals surface area contributed by atoms with E-state index in [4.69, 9.17) is 0 Å². The fourth-order valence-corrected chi connectivity index (χ4v) is 1.57. The highest BCUT2D eigenvalue weighted by atomic mass is 16.1. The molecule has 1 heteroatoms. The Morgan fingerprint density at radius 3 is 2.20 bits per heavy atom. The molecule has 0 saturated carbocycles. The van der Waals surface area contributed by atoms with Gasteiger partial charge in [0.15, 0.2) is 5.78 Å². The van der Waals surface area contributed by atoms with Crippen molar-refractivity contribution in [1.82, 2.24) is 0 Å². The number of aryl methyl sites for hydroxylation is 1. The Morgan fingerprint density at radius 1 is 1.20 bits per heavy atom. The first-order valence-corrected chi connectivity index (χ1v) is 5.51. The number of hydrogen-bond donors (Lipinski definition) is 0. The van der Waals surface area contributed by atoms with Gasteiger partial charge in [0.25, 0.3) is 0 Å². The lowest BCUT2D eigenvalue weighted by molar-refractivity contribution is 0.103. The van der Waals surface area contributed by atoms with E-state index in [1.54, 1.807) is 0 Å². The van der Waals surface area contributed by atoms with E-state index >= 15 is 0 Å². The first-order valence-electron chi connectivity index (χ1n) is 5.51. The van der Waals surface area contributed by atoms with Crippen molar-refractivity contribution in [2.24, 2.45) is 0 Å². The lowest BCUT2D eigenvalue weighted by atomic mass is 10.00. The van der Waals surface area contributed by atoms with Crippen LogP contribution in [0.3, 0.4) is 0 Å². The van der Waals surface area contributed by atoms with Gasteiger partial charge in [-0.05, 0) is 30.9 Å². The van der Waals surface area contributed by atoms with E-state index in [0.29, 0.717) is 0 Å². The van der Waals surface area contributed by atoms with Gasteiger partial charge in [0.1, 0.15) is 0 Å². The second-order valence-electron chi connectivity index (χ2n) is 3.55. The zero-order valence-electron chi connectivity index (χ0n) is 9.71. The van der Waals surface area contributed by atoms with E-state index in [-0.39, 0.29) is 5.78 Å². The molecule has 0 aliphatic rings. The Labute approximate surface area is 91.8 Å². The lowest BCUT2D eigenvalue weighted by Gasteiger charge is -2.04. The molecule has 0 unspecified atom stereocenters. The minimum atomic E-state index is 0.155. The van der Waals surface area contributed by atoms with Crippen molar-refractivity contribution in [2.75, 3.05) is 0 Å². The Kier molecular flexibility index (Phi) is 4.29. The molecule has 0 spiro atoms. The van der Waals surface area contributed by atoms with Gasteiger partial charge in [-0.2, -0.15) is 0 Å². The van der Waals surface area contributed by atoms with Gasteiger partial charge in [-0.15, -0.1) is 0 Å². The van der Waals surface area contributed by atoms with Crippen molar-refractivity contribution in [2.45, 2.75) is 33.6 Å². The van der Waals surface area contributed by atoms with Crippen LogP contribution in [-0.2, 0) is 6.42 Å². The molecule has 0 aromatic heterocycles. The third-order valence-electron chi connectivity index (χ3n) is 2.65. The summed E-state index contributed by atoms with van der Waals surface area (Å²) < 4.78 is 0. The summed E-state index contributed by atoms with van der Waals surface area (Å²) in [5.41, 5.74) is 2.95. The average molecular weight is 202 g/mol. The van der Waals surface area contributed by atoms with Crippen LogP contribution < -0.4 is 0 Å². The summed E-state index contributed by atoms with van der Waals surface area (Å²) >= 11 is 0. The van der Waals surface area contributed by atoms with Crippen LogP contribution in [0.2, 0.25) is 0 Å². The van der Waals surface area contributed by atoms with Crippen molar-refractivity contribution in [1.29, 1.82) is 0 Å². The number of hydrogen-bond acceptors (Lipinski definition) is 1. The van der Waals surface area contributed by atoms with E-state index < -0.39 is 0 Å². The normalized spacial score (nSPS) is 11.5. The first-order chi connectivity index (χ1) is 7.22. The topological polar surface area (TPSA) is 17.1 Å². The van der Waals surface area contributed by atoms with E-state index in [1.165, 1.54) is 5.56 Å². The van der Waals surface area contributed by atoms with Gasteiger partial charge in [-0.1, -0.05) is 44.2 Å². The van der Waals surface area contributed by atoms with E-state index in [0.717, 1.165) is 24.0 Å². The number of carbonyl (C=O) groups excluding carboxylic acids is 1. The molecule has 0 aliphatic carbocycles. The number of carbonyl (C=O) groups is 1. The SMILES string of the molecule is C/C=C(\CC)C(=O)c1ccc(CC)cc1. The molecule has 0 amide bonds. The van der Waals surface area contributed by atoms with Crippen molar-refractivity contribution < 1.29 is 4.79 Å². The molecule has 1 aromatic rings. The minimum absolute atomic E-state index is 0.155. The summed E-state index contributed by atoms with van der Waals surface area (Å²) in [4.78, 5) is 11.9. The fourth-order valence-electron chi connectivity index (χ4n) is 1.57. The molecule has 0 aliphatic heterocycles. The zero-order valence-corrected chi connectivity index (χ0v) is 9.71. The number of ketones is 1. The van der Waals surface area contributed by atoms with Gasteiger partial charge in [0, 0.05) is 5.56 Å². The minimum Gasteiger partial charge on any atom is -0.289 e. The summed E-state index contributed by atoms with van der Waals surface area (Å²) in [7, 11) is 0. The van der Waals surface area contributed by atoms with Crippen LogP contribution in [0.5, 0.6) is 0 Å². The van der Waals surface area contributed by atoms with Gasteiger partial charge < -0.3 is 0 Å². The number of benzene rings is 1. The predicted molar refractivity (Wildman–Crippen MR) is 64.2 cm³/mol. The zero-order chi connectivity index (χ0) is 11.3. The Balaban J connectivity index is 2.92. The molecule has 80 valence electrons. The smallest absolute Gasteiger partial charge is 0.188 e. The third-order valence-corrected chi connectivity index (χ3v) is 2.65. The highest BCUT2D eigenvalue weighted by molar-refractivity contribution is 6.08. The van der Waals surface area contributed by atoms with Crippen LogP contribution in [0.4, 0.5) is 0 Å². The lowest BCUT2D eigenvalue weighted by Crippen LogP contribution is -2.02. The molecular formula is C14H18O. The van der Waals surface area contributed by atoms with Crippen molar-refractivity contribution in [3.05, 3.63) is 47.0 Å². The van der Waals surface area contributed by atoms with Gasteiger partial charge >= 0.3 is 0 Å². The molecule has 1 rings (SSSR count). The maximum atomic E-state index is 11.9. The van der Waals surface area contributed by atoms with Crippen molar-refractivity contribution in [3.63, 3.8) is 0 Å². The van der Waals surface area contributed by atoms with Gasteiger partial charge in [-0.25, -0.2) is 0 Å². The molecular weight excluding hydrogens is 184 g/mol. The van der Waals surface area contributed by atoms with Crippen LogP contribution in [0.15, 0.2) is 35.9 Å². The predicted octanol–water partition coefficient (Wildman–Crippen LogP) is 3.79. The molecule has 15 heavy (non-hydrogen) atoms. The average Bonchev–Trinajstić information content (AvgIpc) is 2.30. The second-order valence-corrected chi connectivity index (χ2v) is 3.55. The first kappa shape index (κ1) is 11.7.